The van der Waals surface area contributed by atoms with E-state index in [9.17, 15) is 18.4 Å². The molecule has 0 aliphatic rings. The molecule has 0 saturated heterocycles. The maximum absolute atomic E-state index is 13.9. The van der Waals surface area contributed by atoms with Crippen LogP contribution in [0.3, 0.4) is 0 Å². The van der Waals surface area contributed by atoms with E-state index >= 15 is 0 Å². The van der Waals surface area contributed by atoms with E-state index in [0.29, 0.717) is 0 Å². The van der Waals surface area contributed by atoms with Crippen LogP contribution in [0.2, 0.25) is 0 Å². The minimum atomic E-state index is -0.470. The van der Waals surface area contributed by atoms with E-state index in [1.165, 1.54) is 30.3 Å². The number of aromatic nitrogens is 2. The molecule has 0 radical (unpaired) electrons. The Morgan fingerprint density at radius 2 is 1.73 bits per heavy atom. The fourth-order valence-corrected chi connectivity index (χ4v) is 2.37. The minimum absolute atomic E-state index is 0.195. The number of carbonyl (C=O) groups excluding carboxylic acids is 1. The molecule has 0 bridgehead atoms. The van der Waals surface area contributed by atoms with E-state index in [4.69, 9.17) is 0 Å². The predicted molar refractivity (Wildman–Crippen MR) is 92.1 cm³/mol. The minimum Gasteiger partial charge on any atom is -0.350 e. The molecule has 0 fully saturated rings. The SMILES string of the molecule is O=C(Cn1nc(-c2ccccc2F)ccc1=O)NCc1ccc(F)cc1. The van der Waals surface area contributed by atoms with Gasteiger partial charge in [0.25, 0.3) is 5.56 Å². The fourth-order valence-electron chi connectivity index (χ4n) is 2.37. The second-order valence-corrected chi connectivity index (χ2v) is 5.60. The van der Waals surface area contributed by atoms with Crippen LogP contribution in [0.4, 0.5) is 8.78 Å². The number of carbonyl (C=O) groups is 1. The van der Waals surface area contributed by atoms with Gasteiger partial charge in [-0.2, -0.15) is 5.10 Å². The summed E-state index contributed by atoms with van der Waals surface area (Å²) in [5.74, 6) is -1.26. The van der Waals surface area contributed by atoms with Gasteiger partial charge in [0.15, 0.2) is 0 Å². The normalized spacial score (nSPS) is 10.5. The summed E-state index contributed by atoms with van der Waals surface area (Å²) in [6, 6.07) is 14.4. The number of amides is 1. The van der Waals surface area contributed by atoms with Crippen molar-refractivity contribution in [2.45, 2.75) is 13.1 Å². The predicted octanol–water partition coefficient (Wildman–Crippen LogP) is 2.50. The second-order valence-electron chi connectivity index (χ2n) is 5.60. The highest BCUT2D eigenvalue weighted by atomic mass is 19.1. The molecule has 0 unspecified atom stereocenters. The van der Waals surface area contributed by atoms with Gasteiger partial charge in [0.2, 0.25) is 5.91 Å². The van der Waals surface area contributed by atoms with Crippen LogP contribution in [0.1, 0.15) is 5.56 Å². The Kier molecular flexibility index (Phi) is 5.17. The average Bonchev–Trinajstić information content (AvgIpc) is 2.64. The third kappa shape index (κ3) is 4.18. The van der Waals surface area contributed by atoms with Gasteiger partial charge in [0, 0.05) is 18.2 Å². The molecule has 5 nitrogen and oxygen atoms in total. The summed E-state index contributed by atoms with van der Waals surface area (Å²) in [4.78, 5) is 24.0. The molecule has 1 aromatic heterocycles. The third-order valence-corrected chi connectivity index (χ3v) is 3.71. The first-order chi connectivity index (χ1) is 12.5. The van der Waals surface area contributed by atoms with Gasteiger partial charge in [-0.1, -0.05) is 24.3 Å². The zero-order chi connectivity index (χ0) is 18.5. The van der Waals surface area contributed by atoms with E-state index in [-0.39, 0.29) is 30.2 Å². The number of benzene rings is 2. The smallest absolute Gasteiger partial charge is 0.267 e. The summed E-state index contributed by atoms with van der Waals surface area (Å²) in [5, 5.41) is 6.69. The number of halogens is 2. The Labute approximate surface area is 147 Å². The lowest BCUT2D eigenvalue weighted by molar-refractivity contribution is -0.122. The van der Waals surface area contributed by atoms with E-state index in [1.807, 2.05) is 0 Å². The molecule has 1 heterocycles. The molecule has 3 rings (SSSR count). The van der Waals surface area contributed by atoms with E-state index in [0.717, 1.165) is 10.2 Å². The Morgan fingerprint density at radius 3 is 2.46 bits per heavy atom. The van der Waals surface area contributed by atoms with Crippen molar-refractivity contribution in [1.29, 1.82) is 0 Å². The zero-order valence-corrected chi connectivity index (χ0v) is 13.7. The molecule has 26 heavy (non-hydrogen) atoms. The van der Waals surface area contributed by atoms with Crippen LogP contribution in [0.15, 0.2) is 65.5 Å². The highest BCUT2D eigenvalue weighted by Gasteiger charge is 2.10. The van der Waals surface area contributed by atoms with Crippen LogP contribution in [0, 0.1) is 11.6 Å². The molecule has 3 aromatic rings. The van der Waals surface area contributed by atoms with Gasteiger partial charge in [-0.15, -0.1) is 0 Å². The quantitative estimate of drug-likeness (QED) is 0.765. The number of hydrogen-bond donors (Lipinski definition) is 1. The Bertz CT molecular complexity index is 985. The summed E-state index contributed by atoms with van der Waals surface area (Å²) >= 11 is 0. The number of nitrogens with zero attached hydrogens (tertiary/aromatic N) is 2. The topological polar surface area (TPSA) is 64.0 Å². The van der Waals surface area contributed by atoms with Crippen LogP contribution < -0.4 is 10.9 Å². The van der Waals surface area contributed by atoms with Crippen molar-refractivity contribution in [3.8, 4) is 11.3 Å². The lowest BCUT2D eigenvalue weighted by Crippen LogP contribution is -2.33. The number of nitrogens with one attached hydrogen (secondary N) is 1. The largest absolute Gasteiger partial charge is 0.350 e. The van der Waals surface area contributed by atoms with Gasteiger partial charge < -0.3 is 5.32 Å². The molecule has 0 spiro atoms. The molecule has 0 saturated carbocycles. The van der Waals surface area contributed by atoms with Crippen molar-refractivity contribution in [2.75, 3.05) is 0 Å². The summed E-state index contributed by atoms with van der Waals surface area (Å²) in [7, 11) is 0. The van der Waals surface area contributed by atoms with Crippen LogP contribution in [-0.2, 0) is 17.9 Å². The van der Waals surface area contributed by atoms with Crippen molar-refractivity contribution >= 4 is 5.91 Å². The van der Waals surface area contributed by atoms with Gasteiger partial charge in [-0.05, 0) is 35.9 Å². The van der Waals surface area contributed by atoms with E-state index in [2.05, 4.69) is 10.4 Å². The first-order valence-electron chi connectivity index (χ1n) is 7.87. The summed E-state index contributed by atoms with van der Waals surface area (Å²) < 4.78 is 27.7. The number of rotatable bonds is 5. The maximum atomic E-state index is 13.9. The van der Waals surface area contributed by atoms with Gasteiger partial charge in [-0.25, -0.2) is 13.5 Å². The van der Waals surface area contributed by atoms with Crippen LogP contribution in [-0.4, -0.2) is 15.7 Å². The van der Waals surface area contributed by atoms with E-state index in [1.54, 1.807) is 30.3 Å². The Balaban J connectivity index is 1.72. The molecule has 2 aromatic carbocycles. The zero-order valence-electron chi connectivity index (χ0n) is 13.7. The summed E-state index contributed by atoms with van der Waals surface area (Å²) in [5.41, 5.74) is 0.754. The maximum Gasteiger partial charge on any atom is 0.267 e. The highest BCUT2D eigenvalue weighted by molar-refractivity contribution is 5.75. The molecule has 1 amide bonds. The standard InChI is InChI=1S/C19H15F2N3O2/c20-14-7-5-13(6-8-14)11-22-18(25)12-24-19(26)10-9-17(23-24)15-3-1-2-4-16(15)21/h1-10H,11-12H2,(H,22,25). The van der Waals surface area contributed by atoms with Crippen molar-refractivity contribution in [3.05, 3.63) is 88.2 Å². The van der Waals surface area contributed by atoms with Gasteiger partial charge in [-0.3, -0.25) is 9.59 Å². The molecule has 1 N–H and O–H groups in total. The monoisotopic (exact) mass is 355 g/mol. The van der Waals surface area contributed by atoms with Crippen LogP contribution in [0.5, 0.6) is 0 Å². The summed E-state index contributed by atoms with van der Waals surface area (Å²) in [6.45, 7) is -0.108. The molecular weight excluding hydrogens is 340 g/mol. The average molecular weight is 355 g/mol. The van der Waals surface area contributed by atoms with Crippen molar-refractivity contribution in [3.63, 3.8) is 0 Å². The molecule has 7 heteroatoms. The number of hydrogen-bond acceptors (Lipinski definition) is 3. The third-order valence-electron chi connectivity index (χ3n) is 3.71. The van der Waals surface area contributed by atoms with Gasteiger partial charge in [0.1, 0.15) is 18.2 Å². The Morgan fingerprint density at radius 1 is 1.00 bits per heavy atom. The Hall–Kier alpha value is -3.35. The highest BCUT2D eigenvalue weighted by Crippen LogP contribution is 2.18. The van der Waals surface area contributed by atoms with Crippen molar-refractivity contribution in [2.24, 2.45) is 0 Å². The van der Waals surface area contributed by atoms with Crippen LogP contribution >= 0.6 is 0 Å². The molecular formula is C19H15F2N3O2. The van der Waals surface area contributed by atoms with Crippen LogP contribution in [0.25, 0.3) is 11.3 Å². The van der Waals surface area contributed by atoms with Gasteiger partial charge >= 0.3 is 0 Å². The molecule has 132 valence electrons. The molecule has 0 aliphatic heterocycles. The first-order valence-corrected chi connectivity index (χ1v) is 7.87. The van der Waals surface area contributed by atoms with Crippen molar-refractivity contribution in [1.82, 2.24) is 15.1 Å². The van der Waals surface area contributed by atoms with Gasteiger partial charge in [0.05, 0.1) is 5.69 Å². The lowest BCUT2D eigenvalue weighted by atomic mass is 10.1. The fraction of sp³-hybridized carbons (Fsp3) is 0.105. The van der Waals surface area contributed by atoms with E-state index < -0.39 is 17.3 Å². The van der Waals surface area contributed by atoms with Crippen molar-refractivity contribution < 1.29 is 13.6 Å². The summed E-state index contributed by atoms with van der Waals surface area (Å²) in [6.07, 6.45) is 0. The second kappa shape index (κ2) is 7.69. The molecule has 0 aliphatic carbocycles. The first kappa shape index (κ1) is 17.5. The molecule has 0 atom stereocenters. The lowest BCUT2D eigenvalue weighted by Gasteiger charge is -2.09.